The molecule has 4 nitrogen and oxygen atoms in total. The van der Waals surface area contributed by atoms with Crippen molar-refractivity contribution < 1.29 is 13.6 Å². The largest absolute Gasteiger partial charge is 0.396 e. The summed E-state index contributed by atoms with van der Waals surface area (Å²) in [5, 5.41) is 2.25. The maximum Gasteiger partial charge on any atom is 0.262 e. The van der Waals surface area contributed by atoms with Gasteiger partial charge in [0.2, 0.25) is 0 Å². The summed E-state index contributed by atoms with van der Waals surface area (Å²) in [6.45, 7) is 0. The van der Waals surface area contributed by atoms with Crippen LogP contribution in [0.5, 0.6) is 0 Å². The van der Waals surface area contributed by atoms with Gasteiger partial charge in [-0.1, -0.05) is 6.07 Å². The minimum atomic E-state index is -0.943. The van der Waals surface area contributed by atoms with E-state index in [0.29, 0.717) is 0 Å². The Hall–Kier alpha value is -2.50. The van der Waals surface area contributed by atoms with Crippen molar-refractivity contribution in [3.8, 4) is 0 Å². The summed E-state index contributed by atoms with van der Waals surface area (Å²) < 4.78 is 26.7. The molecule has 1 aromatic carbocycles. The molecule has 1 heterocycles. The molecule has 0 fully saturated rings. The smallest absolute Gasteiger partial charge is 0.262 e. The van der Waals surface area contributed by atoms with Crippen LogP contribution in [0.4, 0.5) is 20.3 Å². The van der Waals surface area contributed by atoms with Crippen molar-refractivity contribution >= 4 is 17.4 Å². The number of nitrogens with two attached hydrogens (primary N) is 1. The molecule has 1 aromatic heterocycles. The van der Waals surface area contributed by atoms with E-state index in [9.17, 15) is 13.6 Å². The standard InChI is InChI=1S/C12H9F2N3O/c13-7-3-1-4-8(14)10(7)12(18)17-11-9(15)5-2-6-16-11/h1-6H,15H2,(H,16,17,18). The molecule has 0 radical (unpaired) electrons. The van der Waals surface area contributed by atoms with Crippen molar-refractivity contribution in [1.82, 2.24) is 4.98 Å². The Labute approximate surface area is 101 Å². The molecule has 0 aliphatic heterocycles. The van der Waals surface area contributed by atoms with E-state index in [2.05, 4.69) is 10.3 Å². The number of amides is 1. The van der Waals surface area contributed by atoms with E-state index in [1.165, 1.54) is 18.3 Å². The van der Waals surface area contributed by atoms with Crippen molar-refractivity contribution in [2.75, 3.05) is 11.1 Å². The number of nitrogen functional groups attached to an aromatic ring is 1. The topological polar surface area (TPSA) is 68.0 Å². The van der Waals surface area contributed by atoms with Crippen molar-refractivity contribution in [3.05, 3.63) is 53.7 Å². The zero-order valence-corrected chi connectivity index (χ0v) is 9.15. The van der Waals surface area contributed by atoms with Crippen LogP contribution in [0.2, 0.25) is 0 Å². The number of pyridine rings is 1. The fraction of sp³-hybridized carbons (Fsp3) is 0. The average Bonchev–Trinajstić information content (AvgIpc) is 2.32. The predicted octanol–water partition coefficient (Wildman–Crippen LogP) is 2.19. The third kappa shape index (κ3) is 2.27. The molecular formula is C12H9F2N3O. The van der Waals surface area contributed by atoms with Crippen molar-refractivity contribution in [2.45, 2.75) is 0 Å². The highest BCUT2D eigenvalue weighted by Gasteiger charge is 2.17. The number of halogens is 2. The van der Waals surface area contributed by atoms with Crippen LogP contribution < -0.4 is 11.1 Å². The Bertz CT molecular complexity index is 581. The number of carbonyl (C=O) groups excluding carboxylic acids is 1. The fourth-order valence-electron chi connectivity index (χ4n) is 1.41. The van der Waals surface area contributed by atoms with Gasteiger partial charge in [-0.25, -0.2) is 13.8 Å². The first-order chi connectivity index (χ1) is 8.59. The molecule has 18 heavy (non-hydrogen) atoms. The summed E-state index contributed by atoms with van der Waals surface area (Å²) in [6, 6.07) is 6.27. The zero-order chi connectivity index (χ0) is 13.1. The van der Waals surface area contributed by atoms with Crippen LogP contribution in [-0.2, 0) is 0 Å². The first kappa shape index (κ1) is 12.0. The highest BCUT2D eigenvalue weighted by Crippen LogP contribution is 2.17. The van der Waals surface area contributed by atoms with Crippen LogP contribution in [0.25, 0.3) is 0 Å². The van der Waals surface area contributed by atoms with E-state index < -0.39 is 23.1 Å². The second-order valence-corrected chi connectivity index (χ2v) is 3.49. The molecule has 0 aliphatic rings. The van der Waals surface area contributed by atoms with Crippen LogP contribution in [0.1, 0.15) is 10.4 Å². The molecule has 0 spiro atoms. The van der Waals surface area contributed by atoms with Crippen LogP contribution >= 0.6 is 0 Å². The molecule has 92 valence electrons. The first-order valence-corrected chi connectivity index (χ1v) is 5.05. The average molecular weight is 249 g/mol. The monoisotopic (exact) mass is 249 g/mol. The van der Waals surface area contributed by atoms with Crippen LogP contribution in [-0.4, -0.2) is 10.9 Å². The summed E-state index contributed by atoms with van der Waals surface area (Å²) in [5.41, 5.74) is 5.10. The van der Waals surface area contributed by atoms with Crippen LogP contribution in [0.15, 0.2) is 36.5 Å². The number of benzene rings is 1. The third-order valence-corrected chi connectivity index (χ3v) is 2.26. The maximum atomic E-state index is 13.4. The molecular weight excluding hydrogens is 240 g/mol. The number of hydrogen-bond donors (Lipinski definition) is 2. The molecule has 1 amide bonds. The SMILES string of the molecule is Nc1cccnc1NC(=O)c1c(F)cccc1F. The van der Waals surface area contributed by atoms with Gasteiger partial charge in [0.1, 0.15) is 17.2 Å². The molecule has 0 unspecified atom stereocenters. The molecule has 0 aliphatic carbocycles. The molecule has 0 saturated heterocycles. The van der Waals surface area contributed by atoms with E-state index in [1.54, 1.807) is 6.07 Å². The Kier molecular flexibility index (Phi) is 3.18. The number of carbonyl (C=O) groups is 1. The van der Waals surface area contributed by atoms with Gasteiger partial charge >= 0.3 is 0 Å². The molecule has 0 bridgehead atoms. The van der Waals surface area contributed by atoms with Gasteiger partial charge in [-0.15, -0.1) is 0 Å². The lowest BCUT2D eigenvalue weighted by Gasteiger charge is -2.07. The van der Waals surface area contributed by atoms with E-state index in [-0.39, 0.29) is 11.5 Å². The van der Waals surface area contributed by atoms with Gasteiger partial charge in [-0.3, -0.25) is 4.79 Å². The van der Waals surface area contributed by atoms with E-state index in [4.69, 9.17) is 5.73 Å². The van der Waals surface area contributed by atoms with Gasteiger partial charge in [0, 0.05) is 6.20 Å². The molecule has 2 rings (SSSR count). The van der Waals surface area contributed by atoms with Gasteiger partial charge in [-0.2, -0.15) is 0 Å². The summed E-state index contributed by atoms with van der Waals surface area (Å²) in [5.74, 6) is -2.76. The Morgan fingerprint density at radius 3 is 2.44 bits per heavy atom. The lowest BCUT2D eigenvalue weighted by Crippen LogP contribution is -2.17. The number of rotatable bonds is 2. The number of anilines is 2. The first-order valence-electron chi connectivity index (χ1n) is 5.05. The normalized spacial score (nSPS) is 10.1. The quantitative estimate of drug-likeness (QED) is 0.857. The summed E-state index contributed by atoms with van der Waals surface area (Å²) in [6.07, 6.45) is 1.41. The molecule has 3 N–H and O–H groups in total. The molecule has 0 saturated carbocycles. The lowest BCUT2D eigenvalue weighted by atomic mass is 10.2. The molecule has 6 heteroatoms. The van der Waals surface area contributed by atoms with Crippen LogP contribution in [0, 0.1) is 11.6 Å². The number of aromatic nitrogens is 1. The van der Waals surface area contributed by atoms with Gasteiger partial charge in [0.15, 0.2) is 5.82 Å². The van der Waals surface area contributed by atoms with E-state index in [1.807, 2.05) is 0 Å². The summed E-state index contributed by atoms with van der Waals surface area (Å²) in [7, 11) is 0. The highest BCUT2D eigenvalue weighted by molar-refractivity contribution is 6.05. The minimum absolute atomic E-state index is 0.0603. The van der Waals surface area contributed by atoms with Gasteiger partial charge in [0.05, 0.1) is 5.69 Å². The Morgan fingerprint density at radius 2 is 1.83 bits per heavy atom. The molecule has 2 aromatic rings. The summed E-state index contributed by atoms with van der Waals surface area (Å²) >= 11 is 0. The van der Waals surface area contributed by atoms with E-state index >= 15 is 0 Å². The van der Waals surface area contributed by atoms with Gasteiger partial charge < -0.3 is 11.1 Å². The Balaban J connectivity index is 2.31. The van der Waals surface area contributed by atoms with Crippen molar-refractivity contribution in [1.29, 1.82) is 0 Å². The Morgan fingerprint density at radius 1 is 1.17 bits per heavy atom. The zero-order valence-electron chi connectivity index (χ0n) is 9.15. The second-order valence-electron chi connectivity index (χ2n) is 3.49. The predicted molar refractivity (Wildman–Crippen MR) is 63.0 cm³/mol. The number of nitrogens with one attached hydrogen (secondary N) is 1. The minimum Gasteiger partial charge on any atom is -0.396 e. The number of nitrogens with zero attached hydrogens (tertiary/aromatic N) is 1. The van der Waals surface area contributed by atoms with Crippen molar-refractivity contribution in [3.63, 3.8) is 0 Å². The van der Waals surface area contributed by atoms with Gasteiger partial charge in [0.25, 0.3) is 5.91 Å². The lowest BCUT2D eigenvalue weighted by molar-refractivity contribution is 0.101. The van der Waals surface area contributed by atoms with E-state index in [0.717, 1.165) is 12.1 Å². The number of hydrogen-bond acceptors (Lipinski definition) is 3. The molecule has 0 atom stereocenters. The van der Waals surface area contributed by atoms with Gasteiger partial charge in [-0.05, 0) is 24.3 Å². The van der Waals surface area contributed by atoms with Crippen LogP contribution in [0.3, 0.4) is 0 Å². The van der Waals surface area contributed by atoms with Crippen molar-refractivity contribution in [2.24, 2.45) is 0 Å². The fourth-order valence-corrected chi connectivity index (χ4v) is 1.41. The highest BCUT2D eigenvalue weighted by atomic mass is 19.1. The summed E-state index contributed by atoms with van der Waals surface area (Å²) in [4.78, 5) is 15.5. The third-order valence-electron chi connectivity index (χ3n) is 2.26. The maximum absolute atomic E-state index is 13.4. The second kappa shape index (κ2) is 4.79.